The number of imidazole rings is 1. The van der Waals surface area contributed by atoms with Crippen LogP contribution < -0.4 is 5.32 Å². The molecule has 5 aromatic carbocycles. The number of rotatable bonds is 8. The number of fused-ring (bicyclic) bond motifs is 2. The number of pyridine rings is 3. The molecular formula is C53H41Cl4N7O. The molecule has 9 aromatic rings. The lowest BCUT2D eigenvalue weighted by Crippen LogP contribution is -2.42. The van der Waals surface area contributed by atoms with Gasteiger partial charge in [0.25, 0.3) is 0 Å². The Labute approximate surface area is 397 Å². The maximum absolute atomic E-state index is 12.2. The number of piperidine rings is 1. The largest absolute Gasteiger partial charge is 0.380 e. The minimum Gasteiger partial charge on any atom is -0.380 e. The number of benzene rings is 5. The molecule has 0 amide bonds. The monoisotopic (exact) mass is 931 g/mol. The second-order valence-corrected chi connectivity index (χ2v) is 17.6. The highest BCUT2D eigenvalue weighted by Gasteiger charge is 2.41. The zero-order valence-electron chi connectivity index (χ0n) is 35.1. The van der Waals surface area contributed by atoms with Crippen LogP contribution in [0, 0.1) is 17.2 Å². The predicted octanol–water partition coefficient (Wildman–Crippen LogP) is 12.8. The molecule has 12 heteroatoms. The standard InChI is InChI=1S/C27H18Cl2N4.C26H23Cl2N3O/c1-33-16-31-15-24(33)25(18-7-10-20(28)11-8-18)19-9-12-22-21(13-19)27(29)26(23(14-30)32-22)17-5-3-2-4-6-17;27-24-21-15-19(8-9-22(21)31-25(28)23(24)17-5-2-1-3-6-17)26(32,18-10-13-29-14-11-18)20-7-4-12-30-16-20/h2-13,15-16,25H,1H3;1-9,12,15-16,18,29,32H,10-11,13-14H2. The lowest BCUT2D eigenvalue weighted by atomic mass is 9.72. The average molecular weight is 934 g/mol. The first-order chi connectivity index (χ1) is 31.6. The van der Waals surface area contributed by atoms with E-state index in [9.17, 15) is 10.4 Å². The van der Waals surface area contributed by atoms with Crippen LogP contribution in [0.25, 0.3) is 44.1 Å². The van der Waals surface area contributed by atoms with E-state index in [1.165, 1.54) is 0 Å². The van der Waals surface area contributed by atoms with Crippen LogP contribution in [0.2, 0.25) is 20.2 Å². The van der Waals surface area contributed by atoms with E-state index in [2.05, 4.69) is 37.4 Å². The Hall–Kier alpha value is -6.15. The number of nitrogens with zero attached hydrogens (tertiary/aromatic N) is 6. The normalized spacial score (nSPS) is 14.3. The third kappa shape index (κ3) is 8.72. The van der Waals surface area contributed by atoms with Gasteiger partial charge in [0.1, 0.15) is 16.8 Å². The smallest absolute Gasteiger partial charge is 0.150 e. The van der Waals surface area contributed by atoms with Crippen LogP contribution >= 0.6 is 46.4 Å². The lowest BCUT2D eigenvalue weighted by molar-refractivity contribution is 0.00218. The summed E-state index contributed by atoms with van der Waals surface area (Å²) in [6.45, 7) is 1.74. The van der Waals surface area contributed by atoms with E-state index >= 15 is 0 Å². The van der Waals surface area contributed by atoms with E-state index in [-0.39, 0.29) is 11.8 Å². The highest BCUT2D eigenvalue weighted by Crippen LogP contribution is 2.45. The van der Waals surface area contributed by atoms with Gasteiger partial charge in [-0.05, 0) is 102 Å². The molecule has 1 saturated heterocycles. The molecule has 2 atom stereocenters. The van der Waals surface area contributed by atoms with Gasteiger partial charge in [-0.1, -0.05) is 137 Å². The minimum atomic E-state index is -1.18. The molecule has 0 spiro atoms. The summed E-state index contributed by atoms with van der Waals surface area (Å²) in [5.74, 6) is -0.0240. The van der Waals surface area contributed by atoms with Crippen LogP contribution in [0.5, 0.6) is 0 Å². The first kappa shape index (κ1) is 44.1. The molecule has 65 heavy (non-hydrogen) atoms. The summed E-state index contributed by atoms with van der Waals surface area (Å²) >= 11 is 26.5. The average Bonchev–Trinajstić information content (AvgIpc) is 3.77. The second kappa shape index (κ2) is 19.1. The second-order valence-electron chi connectivity index (χ2n) is 16.0. The molecule has 5 heterocycles. The topological polar surface area (TPSA) is 113 Å². The number of aliphatic hydroxyl groups is 1. The molecule has 0 aliphatic carbocycles. The SMILES string of the molecule is Cn1cncc1C(c1ccc(Cl)cc1)c1ccc2nc(C#N)c(-c3ccccc3)c(Cl)c2c1.OC(c1cccnc1)(c1ccc2nc(Cl)c(-c3ccccc3)c(Cl)c2c1)C1CCNCC1. The van der Waals surface area contributed by atoms with Gasteiger partial charge in [-0.3, -0.25) is 4.98 Å². The number of hydrogen-bond acceptors (Lipinski definition) is 7. The Bertz CT molecular complexity index is 3170. The summed E-state index contributed by atoms with van der Waals surface area (Å²) in [5.41, 5.74) is 8.36. The Balaban J connectivity index is 0.000000164. The van der Waals surface area contributed by atoms with Gasteiger partial charge in [0.05, 0.1) is 33.3 Å². The number of hydrogen-bond donors (Lipinski definition) is 2. The summed E-state index contributed by atoms with van der Waals surface area (Å²) in [6, 6.07) is 45.1. The molecule has 2 N–H and O–H groups in total. The summed E-state index contributed by atoms with van der Waals surface area (Å²) in [5, 5.41) is 29.0. The fraction of sp³-hybridized carbons (Fsp3) is 0.151. The van der Waals surface area contributed by atoms with Crippen molar-refractivity contribution in [2.24, 2.45) is 13.0 Å². The number of nitrogens with one attached hydrogen (secondary N) is 1. The van der Waals surface area contributed by atoms with Crippen molar-refractivity contribution in [2.45, 2.75) is 24.4 Å². The molecule has 2 unspecified atom stereocenters. The molecule has 8 nitrogen and oxygen atoms in total. The van der Waals surface area contributed by atoms with Gasteiger partial charge in [-0.2, -0.15) is 5.26 Å². The van der Waals surface area contributed by atoms with E-state index in [4.69, 9.17) is 46.4 Å². The Morgan fingerprint density at radius 1 is 0.692 bits per heavy atom. The van der Waals surface area contributed by atoms with Gasteiger partial charge in [0.2, 0.25) is 0 Å². The van der Waals surface area contributed by atoms with Gasteiger partial charge in [-0.25, -0.2) is 15.0 Å². The molecule has 1 aliphatic rings. The van der Waals surface area contributed by atoms with Gasteiger partial charge >= 0.3 is 0 Å². The Morgan fingerprint density at radius 3 is 1.97 bits per heavy atom. The molecular weight excluding hydrogens is 892 g/mol. The first-order valence-corrected chi connectivity index (χ1v) is 22.7. The zero-order chi connectivity index (χ0) is 45.1. The van der Waals surface area contributed by atoms with Crippen LogP contribution in [0.4, 0.5) is 0 Å². The van der Waals surface area contributed by atoms with Crippen molar-refractivity contribution >= 4 is 68.2 Å². The fourth-order valence-electron chi connectivity index (χ4n) is 8.96. The number of aryl methyl sites for hydroxylation is 1. The van der Waals surface area contributed by atoms with E-state index in [1.54, 1.807) is 18.7 Å². The number of aromatic nitrogens is 5. The molecule has 322 valence electrons. The first-order valence-electron chi connectivity index (χ1n) is 21.1. The fourth-order valence-corrected chi connectivity index (χ4v) is 10.1. The van der Waals surface area contributed by atoms with Crippen molar-refractivity contribution in [1.82, 2.24) is 29.8 Å². The van der Waals surface area contributed by atoms with Crippen molar-refractivity contribution in [3.8, 4) is 28.3 Å². The Kier molecular flexibility index (Phi) is 13.0. The minimum absolute atomic E-state index is 0.0537. The van der Waals surface area contributed by atoms with Crippen molar-refractivity contribution in [1.29, 1.82) is 5.26 Å². The maximum Gasteiger partial charge on any atom is 0.150 e. The van der Waals surface area contributed by atoms with Crippen molar-refractivity contribution in [3.63, 3.8) is 0 Å². The number of nitriles is 1. The Morgan fingerprint density at radius 2 is 1.32 bits per heavy atom. The van der Waals surface area contributed by atoms with Crippen molar-refractivity contribution in [2.75, 3.05) is 13.1 Å². The van der Waals surface area contributed by atoms with Crippen LogP contribution in [-0.4, -0.2) is 42.7 Å². The van der Waals surface area contributed by atoms with Gasteiger partial charge < -0.3 is 15.0 Å². The number of halogens is 4. The highest BCUT2D eigenvalue weighted by atomic mass is 35.5. The molecule has 4 aromatic heterocycles. The summed E-state index contributed by atoms with van der Waals surface area (Å²) in [4.78, 5) is 17.8. The molecule has 1 fully saturated rings. The summed E-state index contributed by atoms with van der Waals surface area (Å²) in [7, 11) is 1.98. The van der Waals surface area contributed by atoms with E-state index < -0.39 is 5.60 Å². The summed E-state index contributed by atoms with van der Waals surface area (Å²) < 4.78 is 2.01. The van der Waals surface area contributed by atoms with E-state index in [0.717, 1.165) is 75.8 Å². The molecule has 1 aliphatic heterocycles. The molecule has 10 rings (SSSR count). The van der Waals surface area contributed by atoms with Crippen LogP contribution in [0.3, 0.4) is 0 Å². The third-order valence-corrected chi connectivity index (χ3v) is 13.5. The van der Waals surface area contributed by atoms with Gasteiger partial charge in [-0.15, -0.1) is 0 Å². The predicted molar refractivity (Wildman–Crippen MR) is 263 cm³/mol. The van der Waals surface area contributed by atoms with Gasteiger partial charge in [0, 0.05) is 63.8 Å². The van der Waals surface area contributed by atoms with Gasteiger partial charge in [0.15, 0.2) is 5.69 Å². The molecule has 0 radical (unpaired) electrons. The summed E-state index contributed by atoms with van der Waals surface area (Å²) in [6.07, 6.45) is 8.87. The van der Waals surface area contributed by atoms with Crippen LogP contribution in [-0.2, 0) is 12.6 Å². The molecule has 0 bridgehead atoms. The maximum atomic E-state index is 12.2. The van der Waals surface area contributed by atoms with E-state index in [1.807, 2.05) is 145 Å². The van der Waals surface area contributed by atoms with Crippen molar-refractivity contribution in [3.05, 3.63) is 212 Å². The quantitative estimate of drug-likeness (QED) is 0.146. The van der Waals surface area contributed by atoms with Crippen molar-refractivity contribution < 1.29 is 5.11 Å². The molecule has 0 saturated carbocycles. The van der Waals surface area contributed by atoms with E-state index in [0.29, 0.717) is 48.1 Å². The lowest BCUT2D eigenvalue weighted by Gasteiger charge is -2.39. The van der Waals surface area contributed by atoms with Crippen LogP contribution in [0.15, 0.2) is 158 Å². The highest BCUT2D eigenvalue weighted by molar-refractivity contribution is 6.42. The third-order valence-electron chi connectivity index (χ3n) is 12.2. The zero-order valence-corrected chi connectivity index (χ0v) is 38.2. The van der Waals surface area contributed by atoms with Crippen LogP contribution in [0.1, 0.15) is 52.4 Å².